The number of anilines is 1. The van der Waals surface area contributed by atoms with Crippen LogP contribution in [0.2, 0.25) is 0 Å². The average Bonchev–Trinajstić information content (AvgIpc) is 3.02. The molecule has 0 aliphatic rings. The summed E-state index contributed by atoms with van der Waals surface area (Å²) in [6, 6.07) is 5.59. The minimum atomic E-state index is -3.89. The number of carbonyl (C=O) groups is 2. The van der Waals surface area contributed by atoms with E-state index < -0.39 is 21.9 Å². The molecule has 0 radical (unpaired) electrons. The summed E-state index contributed by atoms with van der Waals surface area (Å²) in [5.74, 6) is -1.03. The monoisotopic (exact) mass is 440 g/mol. The van der Waals surface area contributed by atoms with Crippen LogP contribution in [0.5, 0.6) is 0 Å². The van der Waals surface area contributed by atoms with Crippen molar-refractivity contribution in [2.75, 3.05) is 26.1 Å². The van der Waals surface area contributed by atoms with Gasteiger partial charge in [0.15, 0.2) is 0 Å². The van der Waals surface area contributed by atoms with E-state index in [2.05, 4.69) is 5.32 Å². The van der Waals surface area contributed by atoms with Gasteiger partial charge >= 0.3 is 5.97 Å². The minimum Gasteiger partial charge on any atom is -0.462 e. The number of thiophene rings is 1. The summed E-state index contributed by atoms with van der Waals surface area (Å²) in [4.78, 5) is 30.8. The van der Waals surface area contributed by atoms with E-state index in [4.69, 9.17) is 9.57 Å². The van der Waals surface area contributed by atoms with Crippen LogP contribution in [0.15, 0.2) is 29.2 Å². The number of aryl methyl sites for hydroxylation is 1. The van der Waals surface area contributed by atoms with Crippen LogP contribution in [0.1, 0.15) is 45.0 Å². The SMILES string of the molecule is CCOC(=O)c1c(NC(=O)c2cccc(S(=O)(=O)N(C)OC)c2)sc(C)c1CC. The predicted molar refractivity (Wildman–Crippen MR) is 111 cm³/mol. The molecule has 0 bridgehead atoms. The Bertz CT molecular complexity index is 1010. The van der Waals surface area contributed by atoms with Gasteiger partial charge in [0.25, 0.3) is 15.9 Å². The van der Waals surface area contributed by atoms with E-state index in [0.29, 0.717) is 21.5 Å². The highest BCUT2D eigenvalue weighted by molar-refractivity contribution is 7.89. The summed E-state index contributed by atoms with van der Waals surface area (Å²) < 4.78 is 30.7. The molecule has 8 nitrogen and oxygen atoms in total. The highest BCUT2D eigenvalue weighted by Gasteiger charge is 2.25. The molecule has 0 atom stereocenters. The Morgan fingerprint density at radius 3 is 2.52 bits per heavy atom. The van der Waals surface area contributed by atoms with Crippen molar-refractivity contribution in [1.29, 1.82) is 0 Å². The first-order chi connectivity index (χ1) is 13.7. The van der Waals surface area contributed by atoms with Gasteiger partial charge < -0.3 is 10.1 Å². The number of nitrogens with one attached hydrogen (secondary N) is 1. The molecule has 0 saturated heterocycles. The van der Waals surface area contributed by atoms with Crippen molar-refractivity contribution in [2.24, 2.45) is 0 Å². The molecule has 10 heteroatoms. The van der Waals surface area contributed by atoms with Crippen LogP contribution in [0, 0.1) is 6.92 Å². The molecular formula is C19H24N2O6S2. The van der Waals surface area contributed by atoms with Gasteiger partial charge in [0.1, 0.15) is 5.00 Å². The standard InChI is InChI=1S/C19H24N2O6S2/c1-6-15-12(3)28-18(16(15)19(23)27-7-2)20-17(22)13-9-8-10-14(11-13)29(24,25)21(4)26-5/h8-11H,6-7H2,1-5H3,(H,20,22). The summed E-state index contributed by atoms with van der Waals surface area (Å²) in [5, 5.41) is 3.10. The van der Waals surface area contributed by atoms with Crippen molar-refractivity contribution < 1.29 is 27.6 Å². The number of ether oxygens (including phenoxy) is 1. The van der Waals surface area contributed by atoms with Gasteiger partial charge in [-0.3, -0.25) is 9.63 Å². The van der Waals surface area contributed by atoms with Crippen molar-refractivity contribution in [3.8, 4) is 0 Å². The fourth-order valence-corrected chi connectivity index (χ4v) is 4.88. The maximum Gasteiger partial charge on any atom is 0.341 e. The maximum absolute atomic E-state index is 12.8. The van der Waals surface area contributed by atoms with Crippen LogP contribution in [-0.4, -0.2) is 45.5 Å². The van der Waals surface area contributed by atoms with Gasteiger partial charge in [0.2, 0.25) is 0 Å². The Balaban J connectivity index is 2.39. The lowest BCUT2D eigenvalue weighted by atomic mass is 10.1. The van der Waals surface area contributed by atoms with E-state index in [1.165, 1.54) is 49.8 Å². The van der Waals surface area contributed by atoms with Crippen molar-refractivity contribution in [3.63, 3.8) is 0 Å². The van der Waals surface area contributed by atoms with Crippen molar-refractivity contribution in [1.82, 2.24) is 4.47 Å². The third-order valence-corrected chi connectivity index (χ3v) is 7.00. The molecule has 0 fully saturated rings. The molecule has 1 heterocycles. The van der Waals surface area contributed by atoms with Gasteiger partial charge in [-0.05, 0) is 44.0 Å². The number of hydrogen-bond acceptors (Lipinski definition) is 7. The summed E-state index contributed by atoms with van der Waals surface area (Å²) in [7, 11) is -1.40. The van der Waals surface area contributed by atoms with Gasteiger partial charge in [-0.1, -0.05) is 17.5 Å². The molecular weight excluding hydrogens is 416 g/mol. The van der Waals surface area contributed by atoms with Gasteiger partial charge in [-0.25, -0.2) is 13.2 Å². The number of nitrogens with zero attached hydrogens (tertiary/aromatic N) is 1. The van der Waals surface area contributed by atoms with Crippen LogP contribution in [0.3, 0.4) is 0 Å². The zero-order valence-corrected chi connectivity index (χ0v) is 18.6. The number of hydroxylamine groups is 1. The number of esters is 1. The van der Waals surface area contributed by atoms with Crippen molar-refractivity contribution >= 4 is 38.2 Å². The fourth-order valence-electron chi connectivity index (χ4n) is 2.73. The summed E-state index contributed by atoms with van der Waals surface area (Å²) in [6.07, 6.45) is 0.615. The minimum absolute atomic E-state index is 0.0864. The Kier molecular flexibility index (Phi) is 7.53. The van der Waals surface area contributed by atoms with Crippen LogP contribution in [0.25, 0.3) is 0 Å². The van der Waals surface area contributed by atoms with E-state index in [1.807, 2.05) is 13.8 Å². The highest BCUT2D eigenvalue weighted by Crippen LogP contribution is 2.34. The second-order valence-corrected chi connectivity index (χ2v) is 9.15. The number of carbonyl (C=O) groups excluding carboxylic acids is 2. The molecule has 1 amide bonds. The first kappa shape index (κ1) is 23.0. The molecule has 1 N–H and O–H groups in total. The topological polar surface area (TPSA) is 102 Å². The maximum atomic E-state index is 12.8. The van der Waals surface area contributed by atoms with Crippen LogP contribution < -0.4 is 5.32 Å². The Morgan fingerprint density at radius 1 is 1.24 bits per heavy atom. The Morgan fingerprint density at radius 2 is 1.93 bits per heavy atom. The van der Waals surface area contributed by atoms with Crippen molar-refractivity contribution in [3.05, 3.63) is 45.8 Å². The quantitative estimate of drug-likeness (QED) is 0.499. The summed E-state index contributed by atoms with van der Waals surface area (Å²) >= 11 is 1.28. The second-order valence-electron chi connectivity index (χ2n) is 5.99. The zero-order chi connectivity index (χ0) is 21.8. The lowest BCUT2D eigenvalue weighted by molar-refractivity contribution is -0.0258. The number of sulfonamides is 1. The van der Waals surface area contributed by atoms with Crippen molar-refractivity contribution in [2.45, 2.75) is 32.1 Å². The summed E-state index contributed by atoms with van der Waals surface area (Å²) in [5.41, 5.74) is 1.30. The number of rotatable bonds is 8. The predicted octanol–water partition coefficient (Wildman–Crippen LogP) is 3.23. The van der Waals surface area contributed by atoms with Crippen LogP contribution >= 0.6 is 11.3 Å². The van der Waals surface area contributed by atoms with Crippen LogP contribution in [-0.2, 0) is 26.0 Å². The first-order valence-corrected chi connectivity index (χ1v) is 11.2. The lowest BCUT2D eigenvalue weighted by Crippen LogP contribution is -2.26. The van der Waals surface area contributed by atoms with E-state index in [-0.39, 0.29) is 17.1 Å². The molecule has 1 aromatic carbocycles. The average molecular weight is 441 g/mol. The molecule has 158 valence electrons. The van der Waals surface area contributed by atoms with E-state index in [0.717, 1.165) is 10.4 Å². The van der Waals surface area contributed by atoms with E-state index in [1.54, 1.807) is 6.92 Å². The molecule has 2 aromatic rings. The molecule has 1 aromatic heterocycles. The van der Waals surface area contributed by atoms with Gasteiger partial charge in [-0.2, -0.15) is 0 Å². The lowest BCUT2D eigenvalue weighted by Gasteiger charge is -2.14. The van der Waals surface area contributed by atoms with E-state index >= 15 is 0 Å². The molecule has 0 spiro atoms. The molecule has 29 heavy (non-hydrogen) atoms. The molecule has 0 aliphatic heterocycles. The third-order valence-electron chi connectivity index (χ3n) is 4.26. The van der Waals surface area contributed by atoms with Crippen LogP contribution in [0.4, 0.5) is 5.00 Å². The Hall–Kier alpha value is -2.27. The number of amides is 1. The third kappa shape index (κ3) is 4.84. The second kappa shape index (κ2) is 9.49. The normalized spacial score (nSPS) is 11.5. The Labute approximate surface area is 174 Å². The molecule has 0 unspecified atom stereocenters. The number of hydrogen-bond donors (Lipinski definition) is 1. The van der Waals surface area contributed by atoms with Gasteiger partial charge in [0.05, 0.1) is 24.2 Å². The fraction of sp³-hybridized carbons (Fsp3) is 0.368. The smallest absolute Gasteiger partial charge is 0.341 e. The molecule has 2 rings (SSSR count). The van der Waals surface area contributed by atoms with Gasteiger partial charge in [-0.15, -0.1) is 11.3 Å². The largest absolute Gasteiger partial charge is 0.462 e. The first-order valence-electron chi connectivity index (χ1n) is 8.91. The molecule has 0 saturated carbocycles. The number of benzene rings is 1. The molecule has 0 aliphatic carbocycles. The highest BCUT2D eigenvalue weighted by atomic mass is 32.2. The zero-order valence-electron chi connectivity index (χ0n) is 16.9. The van der Waals surface area contributed by atoms with Gasteiger partial charge in [0, 0.05) is 17.5 Å². The van der Waals surface area contributed by atoms with E-state index in [9.17, 15) is 18.0 Å². The summed E-state index contributed by atoms with van der Waals surface area (Å²) in [6.45, 7) is 5.72.